The third kappa shape index (κ3) is 2.70. The average Bonchev–Trinajstić information content (AvgIpc) is 2.67. The highest BCUT2D eigenvalue weighted by atomic mass is 32.1. The lowest BCUT2D eigenvalue weighted by Gasteiger charge is -2.25. The van der Waals surface area contributed by atoms with Gasteiger partial charge in [0.1, 0.15) is 5.01 Å². The molecule has 1 saturated heterocycles. The monoisotopic (exact) mass is 230 g/mol. The van der Waals surface area contributed by atoms with Crippen molar-refractivity contribution in [3.8, 4) is 0 Å². The zero-order valence-corrected chi connectivity index (χ0v) is 9.69. The number of morpholine rings is 1. The van der Waals surface area contributed by atoms with Gasteiger partial charge in [-0.05, 0) is 0 Å². The van der Waals surface area contributed by atoms with E-state index in [-0.39, 0.29) is 0 Å². The van der Waals surface area contributed by atoms with Gasteiger partial charge < -0.3 is 4.74 Å². The number of thiol groups is 1. The van der Waals surface area contributed by atoms with Crippen molar-refractivity contribution in [2.45, 2.75) is 12.3 Å². The summed E-state index contributed by atoms with van der Waals surface area (Å²) in [5, 5.41) is 3.28. The van der Waals surface area contributed by atoms with Crippen LogP contribution in [0.5, 0.6) is 0 Å². The molecule has 2 rings (SSSR count). The van der Waals surface area contributed by atoms with E-state index in [1.54, 1.807) is 11.3 Å². The highest BCUT2D eigenvalue weighted by Gasteiger charge is 2.12. The van der Waals surface area contributed by atoms with Crippen LogP contribution in [0.25, 0.3) is 0 Å². The van der Waals surface area contributed by atoms with Crippen molar-refractivity contribution in [2.24, 2.45) is 0 Å². The summed E-state index contributed by atoms with van der Waals surface area (Å²) in [7, 11) is 0. The fourth-order valence-corrected chi connectivity index (χ4v) is 2.57. The van der Waals surface area contributed by atoms with Gasteiger partial charge in [0.2, 0.25) is 0 Å². The van der Waals surface area contributed by atoms with Gasteiger partial charge in [0.25, 0.3) is 0 Å². The molecule has 78 valence electrons. The normalized spacial score (nSPS) is 18.6. The van der Waals surface area contributed by atoms with Gasteiger partial charge >= 0.3 is 0 Å². The lowest BCUT2D eigenvalue weighted by molar-refractivity contribution is 0.0341. The Labute approximate surface area is 93.5 Å². The van der Waals surface area contributed by atoms with Crippen LogP contribution in [0.2, 0.25) is 0 Å². The highest BCUT2D eigenvalue weighted by molar-refractivity contribution is 7.79. The molecule has 1 aliphatic heterocycles. The Kier molecular flexibility index (Phi) is 3.81. The Hall–Kier alpha value is -0.100. The predicted octanol–water partition coefficient (Wildman–Crippen LogP) is 1.41. The first-order valence-corrected chi connectivity index (χ1v) is 6.24. The van der Waals surface area contributed by atoms with Crippen LogP contribution in [0.15, 0.2) is 5.38 Å². The molecule has 0 N–H and O–H groups in total. The van der Waals surface area contributed by atoms with Crippen LogP contribution in [0, 0.1) is 0 Å². The Morgan fingerprint density at radius 2 is 2.29 bits per heavy atom. The maximum absolute atomic E-state index is 5.29. The van der Waals surface area contributed by atoms with E-state index in [0.717, 1.165) is 44.3 Å². The molecule has 3 nitrogen and oxygen atoms in total. The van der Waals surface area contributed by atoms with Gasteiger partial charge in [-0.1, -0.05) is 0 Å². The molecule has 0 radical (unpaired) electrons. The van der Waals surface area contributed by atoms with E-state index in [0.29, 0.717) is 0 Å². The highest BCUT2D eigenvalue weighted by Crippen LogP contribution is 2.14. The van der Waals surface area contributed by atoms with E-state index >= 15 is 0 Å². The Bertz CT molecular complexity index is 284. The first-order valence-electron chi connectivity index (χ1n) is 4.73. The van der Waals surface area contributed by atoms with Crippen LogP contribution >= 0.6 is 24.0 Å². The Balaban J connectivity index is 1.89. The second-order valence-electron chi connectivity index (χ2n) is 3.28. The minimum absolute atomic E-state index is 0.736. The predicted molar refractivity (Wildman–Crippen MR) is 60.9 cm³/mol. The first kappa shape index (κ1) is 10.4. The van der Waals surface area contributed by atoms with Gasteiger partial charge in [0.05, 0.1) is 25.5 Å². The Morgan fingerprint density at radius 3 is 2.93 bits per heavy atom. The summed E-state index contributed by atoms with van der Waals surface area (Å²) in [6, 6.07) is 0. The molecule has 2 heterocycles. The van der Waals surface area contributed by atoms with Gasteiger partial charge in [-0.3, -0.25) is 4.90 Å². The minimum atomic E-state index is 0.736. The van der Waals surface area contributed by atoms with E-state index in [2.05, 4.69) is 27.9 Å². The molecule has 0 bridgehead atoms. The molecule has 5 heteroatoms. The number of thiazole rings is 1. The average molecular weight is 230 g/mol. The van der Waals surface area contributed by atoms with Crippen molar-refractivity contribution >= 4 is 24.0 Å². The largest absolute Gasteiger partial charge is 0.379 e. The molecule has 14 heavy (non-hydrogen) atoms. The number of hydrogen-bond donors (Lipinski definition) is 1. The first-order chi connectivity index (χ1) is 6.88. The summed E-state index contributed by atoms with van der Waals surface area (Å²) < 4.78 is 5.29. The molecule has 0 aliphatic carbocycles. The molecule has 0 aromatic carbocycles. The molecular formula is C9H14N2OS2. The molecule has 0 unspecified atom stereocenters. The van der Waals surface area contributed by atoms with Gasteiger partial charge in [-0.2, -0.15) is 12.6 Å². The van der Waals surface area contributed by atoms with E-state index in [4.69, 9.17) is 4.74 Å². The molecule has 0 spiro atoms. The standard InChI is InChI=1S/C9H14N2OS2/c13-6-8-7-14-9(10-8)5-11-1-3-12-4-2-11/h7,13H,1-6H2. The number of hydrogen-bond acceptors (Lipinski definition) is 5. The summed E-state index contributed by atoms with van der Waals surface area (Å²) in [6.07, 6.45) is 0. The summed E-state index contributed by atoms with van der Waals surface area (Å²) in [6.45, 7) is 4.71. The second-order valence-corrected chi connectivity index (χ2v) is 4.54. The van der Waals surface area contributed by atoms with Crippen LogP contribution in [-0.4, -0.2) is 36.2 Å². The summed E-state index contributed by atoms with van der Waals surface area (Å²) in [5.74, 6) is 0.736. The smallest absolute Gasteiger partial charge is 0.107 e. The van der Waals surface area contributed by atoms with E-state index < -0.39 is 0 Å². The van der Waals surface area contributed by atoms with Crippen molar-refractivity contribution in [2.75, 3.05) is 26.3 Å². The molecule has 1 aromatic heterocycles. The lowest BCUT2D eigenvalue weighted by Crippen LogP contribution is -2.35. The van der Waals surface area contributed by atoms with Crippen molar-refractivity contribution in [3.05, 3.63) is 16.1 Å². The fraction of sp³-hybridized carbons (Fsp3) is 0.667. The van der Waals surface area contributed by atoms with Gasteiger partial charge in [-0.15, -0.1) is 11.3 Å². The fourth-order valence-electron chi connectivity index (χ4n) is 1.44. The van der Waals surface area contributed by atoms with Crippen LogP contribution in [0.3, 0.4) is 0 Å². The SMILES string of the molecule is SCc1csc(CN2CCOCC2)n1. The van der Waals surface area contributed by atoms with Crippen molar-refractivity contribution in [1.29, 1.82) is 0 Å². The topological polar surface area (TPSA) is 25.4 Å². The van der Waals surface area contributed by atoms with Crippen molar-refractivity contribution in [3.63, 3.8) is 0 Å². The third-order valence-corrected chi connectivity index (χ3v) is 3.43. The van der Waals surface area contributed by atoms with Crippen molar-refractivity contribution < 1.29 is 4.74 Å². The quantitative estimate of drug-likeness (QED) is 0.795. The van der Waals surface area contributed by atoms with Gasteiger partial charge in [0, 0.05) is 24.2 Å². The second kappa shape index (κ2) is 5.11. The molecular weight excluding hydrogens is 216 g/mol. The number of nitrogens with zero attached hydrogens (tertiary/aromatic N) is 2. The molecule has 1 fully saturated rings. The Morgan fingerprint density at radius 1 is 1.50 bits per heavy atom. The van der Waals surface area contributed by atoms with Gasteiger partial charge in [-0.25, -0.2) is 4.98 Å². The molecule has 0 saturated carbocycles. The van der Waals surface area contributed by atoms with E-state index in [9.17, 15) is 0 Å². The molecule has 1 aliphatic rings. The third-order valence-electron chi connectivity index (χ3n) is 2.22. The molecule has 0 amide bonds. The maximum atomic E-state index is 5.29. The molecule has 1 aromatic rings. The van der Waals surface area contributed by atoms with Crippen LogP contribution in [0.4, 0.5) is 0 Å². The van der Waals surface area contributed by atoms with Gasteiger partial charge in [0.15, 0.2) is 0 Å². The zero-order valence-electron chi connectivity index (χ0n) is 7.98. The van der Waals surface area contributed by atoms with Crippen LogP contribution in [-0.2, 0) is 17.0 Å². The van der Waals surface area contributed by atoms with Crippen molar-refractivity contribution in [1.82, 2.24) is 9.88 Å². The molecule has 0 atom stereocenters. The zero-order chi connectivity index (χ0) is 9.80. The lowest BCUT2D eigenvalue weighted by atomic mass is 10.4. The number of ether oxygens (including phenoxy) is 1. The summed E-state index contributed by atoms with van der Waals surface area (Å²) in [5.41, 5.74) is 1.08. The number of aromatic nitrogens is 1. The van der Waals surface area contributed by atoms with Crippen LogP contribution in [0.1, 0.15) is 10.7 Å². The maximum Gasteiger partial charge on any atom is 0.107 e. The number of rotatable bonds is 3. The van der Waals surface area contributed by atoms with Crippen LogP contribution < -0.4 is 0 Å². The van der Waals surface area contributed by atoms with E-state index in [1.807, 2.05) is 0 Å². The summed E-state index contributed by atoms with van der Waals surface area (Å²) >= 11 is 5.93. The minimum Gasteiger partial charge on any atom is -0.379 e. The van der Waals surface area contributed by atoms with E-state index in [1.165, 1.54) is 5.01 Å². The summed E-state index contributed by atoms with van der Waals surface area (Å²) in [4.78, 5) is 6.86.